The lowest BCUT2D eigenvalue weighted by atomic mass is 9.93. The Hall–Kier alpha value is -3.23. The van der Waals surface area contributed by atoms with Crippen molar-refractivity contribution in [1.29, 1.82) is 0 Å². The van der Waals surface area contributed by atoms with Crippen molar-refractivity contribution in [3.63, 3.8) is 0 Å². The van der Waals surface area contributed by atoms with Crippen molar-refractivity contribution < 1.29 is 217 Å². The van der Waals surface area contributed by atoms with Crippen molar-refractivity contribution in [3.05, 3.63) is 0 Å². The molecule has 0 spiro atoms. The molecule has 9 aliphatic rings. The van der Waals surface area contributed by atoms with E-state index in [4.69, 9.17) is 80.5 Å². The van der Waals surface area contributed by atoms with Crippen molar-refractivity contribution in [1.82, 2.24) is 16.0 Å². The van der Waals surface area contributed by atoms with Gasteiger partial charge in [0.1, 0.15) is 207 Å². The average Bonchev–Trinajstić information content (AvgIpc) is 0.765. The maximum absolute atomic E-state index is 13.3. The lowest BCUT2D eigenvalue weighted by molar-refractivity contribution is -0.394. The summed E-state index contributed by atoms with van der Waals surface area (Å²) in [7, 11) is 0. The van der Waals surface area contributed by atoms with E-state index in [1.807, 2.05) is 0 Å². The molecule has 9 saturated heterocycles. The summed E-state index contributed by atoms with van der Waals surface area (Å²) in [5, 5.41) is 272. The van der Waals surface area contributed by atoms with E-state index in [2.05, 4.69) is 16.0 Å². The van der Waals surface area contributed by atoms with Gasteiger partial charge in [-0.25, -0.2) is 0 Å². The molecule has 0 saturated carbocycles. The number of aliphatic hydroxyl groups is 24. The van der Waals surface area contributed by atoms with Crippen LogP contribution < -0.4 is 16.0 Å². The lowest BCUT2D eigenvalue weighted by Crippen LogP contribution is -2.71. The van der Waals surface area contributed by atoms with E-state index in [0.717, 1.165) is 20.8 Å². The van der Waals surface area contributed by atoms with Gasteiger partial charge in [0.15, 0.2) is 56.6 Å². The Morgan fingerprint density at radius 3 is 1.10 bits per heavy atom. The van der Waals surface area contributed by atoms with Crippen LogP contribution in [-0.4, -0.2) is 463 Å². The molecule has 27 N–H and O–H groups in total. The van der Waals surface area contributed by atoms with Crippen molar-refractivity contribution >= 4 is 17.7 Å². The van der Waals surface area contributed by atoms with Gasteiger partial charge in [-0.05, 0) is 13.8 Å². The van der Waals surface area contributed by atoms with Gasteiger partial charge in [-0.2, -0.15) is 0 Å². The minimum absolute atomic E-state index is 0.809. The van der Waals surface area contributed by atoms with Crippen LogP contribution in [0.4, 0.5) is 0 Å². The Morgan fingerprint density at radius 2 is 0.589 bits per heavy atom. The summed E-state index contributed by atoms with van der Waals surface area (Å²) >= 11 is 0. The zero-order chi connectivity index (χ0) is 78.8. The third-order valence-corrected chi connectivity index (χ3v) is 19.9. The van der Waals surface area contributed by atoms with Crippen LogP contribution in [0.5, 0.6) is 0 Å². The van der Waals surface area contributed by atoms with E-state index in [-0.39, 0.29) is 0 Å². The van der Waals surface area contributed by atoms with Gasteiger partial charge in [0.05, 0.1) is 58.5 Å². The number of ether oxygens (including phenoxy) is 17. The van der Waals surface area contributed by atoms with E-state index >= 15 is 0 Å². The highest BCUT2D eigenvalue weighted by atomic mass is 16.8. The first-order valence-electron chi connectivity index (χ1n) is 34.3. The largest absolute Gasteiger partial charge is 0.394 e. The van der Waals surface area contributed by atoms with E-state index in [1.54, 1.807) is 0 Å². The van der Waals surface area contributed by atoms with Gasteiger partial charge < -0.3 is 219 Å². The van der Waals surface area contributed by atoms with Crippen molar-refractivity contribution in [2.45, 2.75) is 311 Å². The van der Waals surface area contributed by atoms with Crippen molar-refractivity contribution in [2.24, 2.45) is 0 Å². The first-order valence-corrected chi connectivity index (χ1v) is 34.3. The minimum atomic E-state index is -2.44. The lowest BCUT2D eigenvalue weighted by Gasteiger charge is -2.51. The Morgan fingerprint density at radius 1 is 0.262 bits per heavy atom. The van der Waals surface area contributed by atoms with Gasteiger partial charge in [0.2, 0.25) is 17.7 Å². The maximum Gasteiger partial charge on any atom is 0.217 e. The molecule has 0 unspecified atom stereocenters. The number of nitrogens with one attached hydrogen (secondary N) is 3. The second-order valence-corrected chi connectivity index (χ2v) is 27.4. The molecule has 0 aromatic carbocycles. The second-order valence-electron chi connectivity index (χ2n) is 27.4. The SMILES string of the molecule is CC(=O)N[C@@H]1[C@@H](O)[C@H](O[C@@H]2O[C@H](CO)[C@@H](O[C@@H]3O[C@H](CO[C@H]4O[C@H](CO)[C@@H](O)[C@H](O)[C@@H]4O[C@@H]4O[C@H](CO)[C@@H](O[C@@H]5O[C@H](CO)[C@H](O)[C@H](O)[C@H]5O)[C@H](O[C@@H]5O[C@@H](C)[C@@H](O)[C@@H](O)[C@@H]5O)[C@H]4NC(C)=O)[C@@H](O)[C@H](O[C@H]4O[C@H](CO)[C@@H](O)[C@H](O)[C@@H]4O)[C@@H]3O)[C@H](O)[C@H]2NC(C)=O)[C@@H](CO[C@@H]2O[C@@H](C)[C@@H](O)[C@@H](O)[C@@H]2O)O[C@H]1O. The molecule has 47 nitrogen and oxygen atoms in total. The van der Waals surface area contributed by atoms with Gasteiger partial charge in [0, 0.05) is 20.8 Å². The van der Waals surface area contributed by atoms with E-state index in [9.17, 15) is 137 Å². The summed E-state index contributed by atoms with van der Waals surface area (Å²) in [5.41, 5.74) is 0. The highest BCUT2D eigenvalue weighted by molar-refractivity contribution is 5.74. The summed E-state index contributed by atoms with van der Waals surface area (Å²) < 4.78 is 101. The van der Waals surface area contributed by atoms with Crippen LogP contribution >= 0.6 is 0 Å². The highest BCUT2D eigenvalue weighted by Crippen LogP contribution is 2.40. The Bertz CT molecular complexity index is 2800. The first kappa shape index (κ1) is 87.7. The Labute approximate surface area is 606 Å². The Kier molecular flexibility index (Phi) is 31.0. The number of carbonyl (C=O) groups is 3. The van der Waals surface area contributed by atoms with Gasteiger partial charge >= 0.3 is 0 Å². The van der Waals surface area contributed by atoms with Crippen molar-refractivity contribution in [3.8, 4) is 0 Å². The zero-order valence-electron chi connectivity index (χ0n) is 57.8. The quantitative estimate of drug-likeness (QED) is 0.0382. The minimum Gasteiger partial charge on any atom is -0.394 e. The van der Waals surface area contributed by atoms with Gasteiger partial charge in [-0.3, -0.25) is 14.4 Å². The van der Waals surface area contributed by atoms with Crippen LogP contribution in [0.15, 0.2) is 0 Å². The molecule has 9 rings (SSSR count). The summed E-state index contributed by atoms with van der Waals surface area (Å²) in [5.74, 6) is -2.71. The predicted molar refractivity (Wildman–Crippen MR) is 329 cm³/mol. The second kappa shape index (κ2) is 37.8. The summed E-state index contributed by atoms with van der Waals surface area (Å²) in [6.07, 6.45) is -83.7. The fraction of sp³-hybridized carbons (Fsp3) is 0.950. The van der Waals surface area contributed by atoms with Crippen LogP contribution in [-0.2, 0) is 94.9 Å². The fourth-order valence-electron chi connectivity index (χ4n) is 13.8. The monoisotopic (exact) mass is 1570 g/mol. The molecule has 9 heterocycles. The molecule has 0 bridgehead atoms. The van der Waals surface area contributed by atoms with Crippen LogP contribution in [0.2, 0.25) is 0 Å². The normalized spacial score (nSPS) is 50.7. The molecule has 0 aromatic heterocycles. The van der Waals surface area contributed by atoms with E-state index < -0.39 is 340 Å². The zero-order valence-corrected chi connectivity index (χ0v) is 57.8. The molecule has 9 aliphatic heterocycles. The number of amides is 3. The average molecular weight is 1570 g/mol. The van der Waals surface area contributed by atoms with Gasteiger partial charge in [0.25, 0.3) is 0 Å². The van der Waals surface area contributed by atoms with Crippen LogP contribution in [0, 0.1) is 0 Å². The first-order chi connectivity index (χ1) is 50.5. The third kappa shape index (κ3) is 19.3. The molecule has 107 heavy (non-hydrogen) atoms. The number of hydrogen-bond donors (Lipinski definition) is 27. The predicted octanol–water partition coefficient (Wildman–Crippen LogP) is -18.1. The summed E-state index contributed by atoms with van der Waals surface area (Å²) in [6.45, 7) is -1.93. The fourth-order valence-corrected chi connectivity index (χ4v) is 13.8. The maximum atomic E-state index is 13.3. The smallest absolute Gasteiger partial charge is 0.217 e. The van der Waals surface area contributed by atoms with Gasteiger partial charge in [-0.15, -0.1) is 0 Å². The highest BCUT2D eigenvalue weighted by Gasteiger charge is 2.61. The topological polar surface area (TPSA) is 730 Å². The molecule has 3 amide bonds. The molecule has 47 heteroatoms. The van der Waals surface area contributed by atoms with Gasteiger partial charge in [-0.1, -0.05) is 0 Å². The molecular formula is C60H101N3O44. The molecule has 45 atom stereocenters. The number of rotatable bonds is 26. The molecule has 0 aliphatic carbocycles. The van der Waals surface area contributed by atoms with Crippen LogP contribution in [0.25, 0.3) is 0 Å². The Balaban J connectivity index is 1.02. The van der Waals surface area contributed by atoms with E-state index in [1.165, 1.54) is 13.8 Å². The third-order valence-electron chi connectivity index (χ3n) is 19.9. The van der Waals surface area contributed by atoms with Crippen molar-refractivity contribution in [2.75, 3.05) is 46.2 Å². The standard InChI is InChI=1S/C60H101N3O44/c1-13-28(72)36(80)41(85)55(93-13)91-12-24-47(34(78)25(52(90)95-24)61-15(3)69)102-53-26(62-16(4)70)35(79)46(21(9-67)99-53)103-59-45(89)50(106-58-44(88)39(83)31(75)19(7-65)97-58)33(77)23(101-59)11-92-60-51(40(84)32(76)20(8-66)98-60)107-54-27(63-17(5)71)49(105-56-42(86)37(81)29(73)14(2)94-56)48(22(10-68)100-54)104-57-43(87)38(82)30(74)18(6-64)96-57/h13-14,18-60,64-68,72-90H,6-12H2,1-5H3,(H,61,69)(H,62,70)(H,63,71)/t13-,14-,18+,19+,20+,21+,22+,23+,24+,25+,26+,27+,28+,29+,30-,31+,32+,33+,34+,35+,36+,37+,38-,39-,40-,41-,42-,43+,44-,45-,46+,47+,48+,49+,50-,51-,52+,53-,54-,55+,56-,57-,58+,59-,60-/m0/s1. The molecule has 9 fully saturated rings. The summed E-state index contributed by atoms with van der Waals surface area (Å²) in [6, 6.07) is -5.59. The number of carbonyl (C=O) groups excluding carboxylic acids is 3. The van der Waals surface area contributed by atoms with Crippen LogP contribution in [0.3, 0.4) is 0 Å². The molecular weight excluding hydrogens is 1470 g/mol. The number of hydrogen-bond acceptors (Lipinski definition) is 44. The molecule has 0 radical (unpaired) electrons. The van der Waals surface area contributed by atoms with Crippen LogP contribution in [0.1, 0.15) is 34.6 Å². The summed E-state index contributed by atoms with van der Waals surface area (Å²) in [4.78, 5) is 38.7. The van der Waals surface area contributed by atoms with E-state index in [0.29, 0.717) is 0 Å². The molecule has 620 valence electrons. The molecule has 0 aromatic rings. The number of aliphatic hydroxyl groups excluding tert-OH is 24.